The molecule has 1 rings (SSSR count). The number of hydrogen-bond acceptors (Lipinski definition) is 2. The van der Waals surface area contributed by atoms with Crippen molar-refractivity contribution >= 4 is 11.6 Å². The van der Waals surface area contributed by atoms with Crippen molar-refractivity contribution in [3.63, 3.8) is 0 Å². The predicted molar refractivity (Wildman–Crippen MR) is 40.2 cm³/mol. The monoisotopic (exact) mass is 164 g/mol. The molecule has 0 aromatic rings. The van der Waals surface area contributed by atoms with E-state index in [1.807, 2.05) is 0 Å². The molecule has 1 aliphatic heterocycles. The molecule has 1 fully saturated rings. The van der Waals surface area contributed by atoms with Gasteiger partial charge < -0.3 is 9.47 Å². The van der Waals surface area contributed by atoms with Crippen LogP contribution in [-0.4, -0.2) is 25.9 Å². The van der Waals surface area contributed by atoms with Crippen LogP contribution in [0.4, 0.5) is 0 Å². The molecular formula is C7H13ClO2. The summed E-state index contributed by atoms with van der Waals surface area (Å²) in [5.74, 6) is 0. The molecule has 0 aromatic heterocycles. The molecule has 0 N–H and O–H groups in total. The van der Waals surface area contributed by atoms with Crippen LogP contribution < -0.4 is 0 Å². The van der Waals surface area contributed by atoms with E-state index >= 15 is 0 Å². The van der Waals surface area contributed by atoms with Gasteiger partial charge in [-0.25, -0.2) is 0 Å². The lowest BCUT2D eigenvalue weighted by atomic mass is 9.84. The van der Waals surface area contributed by atoms with Gasteiger partial charge in [0.1, 0.15) is 6.07 Å². The topological polar surface area (TPSA) is 18.5 Å². The Morgan fingerprint density at radius 1 is 1.60 bits per heavy atom. The molecule has 3 heteroatoms. The smallest absolute Gasteiger partial charge is 0.120 e. The van der Waals surface area contributed by atoms with Crippen LogP contribution in [0.25, 0.3) is 0 Å². The van der Waals surface area contributed by atoms with Gasteiger partial charge in [0, 0.05) is 5.41 Å². The van der Waals surface area contributed by atoms with Crippen LogP contribution in [0.5, 0.6) is 0 Å². The molecule has 0 spiro atoms. The molecule has 1 aliphatic rings. The first-order valence-corrected chi connectivity index (χ1v) is 4.08. The van der Waals surface area contributed by atoms with E-state index in [0.717, 1.165) is 26.2 Å². The van der Waals surface area contributed by atoms with E-state index in [2.05, 4.69) is 6.92 Å². The summed E-state index contributed by atoms with van der Waals surface area (Å²) in [7, 11) is 0. The SMILES string of the molecule is CCC1(COCCl)COC1. The van der Waals surface area contributed by atoms with E-state index in [4.69, 9.17) is 21.1 Å². The summed E-state index contributed by atoms with van der Waals surface area (Å²) in [5.41, 5.74) is 0.287. The highest BCUT2D eigenvalue weighted by atomic mass is 35.5. The van der Waals surface area contributed by atoms with Gasteiger partial charge in [0.05, 0.1) is 19.8 Å². The average Bonchev–Trinajstić information content (AvgIpc) is 1.87. The second-order valence-electron chi connectivity index (χ2n) is 2.80. The third-order valence-electron chi connectivity index (χ3n) is 2.05. The van der Waals surface area contributed by atoms with E-state index in [1.54, 1.807) is 0 Å². The lowest BCUT2D eigenvalue weighted by molar-refractivity contribution is -0.146. The van der Waals surface area contributed by atoms with Crippen LogP contribution in [0.15, 0.2) is 0 Å². The number of rotatable bonds is 4. The van der Waals surface area contributed by atoms with E-state index in [0.29, 0.717) is 6.07 Å². The zero-order valence-electron chi connectivity index (χ0n) is 6.23. The van der Waals surface area contributed by atoms with Gasteiger partial charge in [0.25, 0.3) is 0 Å². The van der Waals surface area contributed by atoms with Crippen LogP contribution in [-0.2, 0) is 9.47 Å². The van der Waals surface area contributed by atoms with Gasteiger partial charge >= 0.3 is 0 Å². The predicted octanol–water partition coefficient (Wildman–Crippen LogP) is 1.63. The molecule has 0 aromatic carbocycles. The van der Waals surface area contributed by atoms with Crippen molar-refractivity contribution in [1.29, 1.82) is 0 Å². The molecule has 0 amide bonds. The van der Waals surface area contributed by atoms with Crippen molar-refractivity contribution in [1.82, 2.24) is 0 Å². The summed E-state index contributed by atoms with van der Waals surface area (Å²) in [6.07, 6.45) is 1.11. The Labute approximate surface area is 66.5 Å². The minimum Gasteiger partial charge on any atom is -0.380 e. The van der Waals surface area contributed by atoms with Crippen LogP contribution in [0, 0.1) is 5.41 Å². The second-order valence-corrected chi connectivity index (χ2v) is 3.02. The van der Waals surface area contributed by atoms with Gasteiger partial charge in [-0.2, -0.15) is 0 Å². The zero-order chi connectivity index (χ0) is 7.45. The van der Waals surface area contributed by atoms with E-state index in [-0.39, 0.29) is 5.41 Å². The Hall–Kier alpha value is 0.210. The molecule has 0 unspecified atom stereocenters. The molecule has 0 bridgehead atoms. The van der Waals surface area contributed by atoms with Crippen molar-refractivity contribution in [3.8, 4) is 0 Å². The first-order valence-electron chi connectivity index (χ1n) is 3.54. The zero-order valence-corrected chi connectivity index (χ0v) is 6.99. The molecule has 10 heavy (non-hydrogen) atoms. The van der Waals surface area contributed by atoms with Crippen molar-refractivity contribution in [3.05, 3.63) is 0 Å². The molecule has 0 saturated carbocycles. The number of alkyl halides is 1. The molecule has 2 nitrogen and oxygen atoms in total. The molecule has 0 aliphatic carbocycles. The fraction of sp³-hybridized carbons (Fsp3) is 1.00. The van der Waals surface area contributed by atoms with Crippen LogP contribution in [0.1, 0.15) is 13.3 Å². The van der Waals surface area contributed by atoms with Crippen molar-refractivity contribution in [2.75, 3.05) is 25.9 Å². The first-order chi connectivity index (χ1) is 4.83. The average molecular weight is 165 g/mol. The standard InChI is InChI=1S/C7H13ClO2/c1-2-7(3-9-4-7)5-10-6-8/h2-6H2,1H3. The molecule has 1 saturated heterocycles. The lowest BCUT2D eigenvalue weighted by Crippen LogP contribution is -2.45. The number of hydrogen-bond donors (Lipinski definition) is 0. The maximum Gasteiger partial charge on any atom is 0.120 e. The van der Waals surface area contributed by atoms with Gasteiger partial charge in [-0.15, -0.1) is 0 Å². The molecule has 0 radical (unpaired) electrons. The molecule has 1 heterocycles. The van der Waals surface area contributed by atoms with Crippen LogP contribution >= 0.6 is 11.6 Å². The summed E-state index contributed by atoms with van der Waals surface area (Å²) in [4.78, 5) is 0. The van der Waals surface area contributed by atoms with Crippen LogP contribution in [0.3, 0.4) is 0 Å². The second kappa shape index (κ2) is 3.56. The number of halogens is 1. The maximum absolute atomic E-state index is 5.38. The van der Waals surface area contributed by atoms with Crippen LogP contribution in [0.2, 0.25) is 0 Å². The van der Waals surface area contributed by atoms with Gasteiger partial charge in [-0.05, 0) is 6.42 Å². The van der Waals surface area contributed by atoms with Gasteiger partial charge in [-0.1, -0.05) is 18.5 Å². The summed E-state index contributed by atoms with van der Waals surface area (Å²) in [5, 5.41) is 0. The van der Waals surface area contributed by atoms with E-state index in [1.165, 1.54) is 0 Å². The quantitative estimate of drug-likeness (QED) is 0.588. The summed E-state index contributed by atoms with van der Waals surface area (Å²) in [6, 6.07) is 0.293. The third kappa shape index (κ3) is 1.62. The summed E-state index contributed by atoms with van der Waals surface area (Å²) >= 11 is 5.38. The Morgan fingerprint density at radius 3 is 2.60 bits per heavy atom. The summed E-state index contributed by atoms with van der Waals surface area (Å²) in [6.45, 7) is 4.56. The molecule has 60 valence electrons. The highest BCUT2D eigenvalue weighted by Crippen LogP contribution is 2.31. The Balaban J connectivity index is 2.20. The Bertz CT molecular complexity index is 96.3. The Morgan fingerprint density at radius 2 is 2.30 bits per heavy atom. The van der Waals surface area contributed by atoms with Crippen molar-refractivity contribution in [2.45, 2.75) is 13.3 Å². The minimum absolute atomic E-state index is 0.287. The largest absolute Gasteiger partial charge is 0.380 e. The molecular weight excluding hydrogens is 152 g/mol. The first kappa shape index (κ1) is 8.31. The normalized spacial score (nSPS) is 22.2. The van der Waals surface area contributed by atoms with Crippen molar-refractivity contribution in [2.24, 2.45) is 5.41 Å². The van der Waals surface area contributed by atoms with Gasteiger partial charge in [0.2, 0.25) is 0 Å². The summed E-state index contributed by atoms with van der Waals surface area (Å²) < 4.78 is 10.2. The fourth-order valence-electron chi connectivity index (χ4n) is 1.04. The maximum atomic E-state index is 5.38. The minimum atomic E-state index is 0.287. The molecule has 0 atom stereocenters. The van der Waals surface area contributed by atoms with E-state index < -0.39 is 0 Å². The Kier molecular flexibility index (Phi) is 2.96. The van der Waals surface area contributed by atoms with Crippen molar-refractivity contribution < 1.29 is 9.47 Å². The third-order valence-corrected chi connectivity index (χ3v) is 2.21. The fourth-order valence-corrected chi connectivity index (χ4v) is 1.11. The lowest BCUT2D eigenvalue weighted by Gasteiger charge is -2.40. The number of ether oxygens (including phenoxy) is 2. The highest BCUT2D eigenvalue weighted by Gasteiger charge is 2.36. The highest BCUT2D eigenvalue weighted by molar-refractivity contribution is 6.17. The van der Waals surface area contributed by atoms with E-state index in [9.17, 15) is 0 Å². The van der Waals surface area contributed by atoms with Gasteiger partial charge in [-0.3, -0.25) is 0 Å². The van der Waals surface area contributed by atoms with Gasteiger partial charge in [0.15, 0.2) is 0 Å².